The van der Waals surface area contributed by atoms with Crippen molar-refractivity contribution in [1.29, 1.82) is 0 Å². The fourth-order valence-electron chi connectivity index (χ4n) is 2.21. The second kappa shape index (κ2) is 14.5. The smallest absolute Gasteiger partial charge is 0.171 e. The summed E-state index contributed by atoms with van der Waals surface area (Å²) < 4.78 is 12.4. The number of ketones is 1. The van der Waals surface area contributed by atoms with Gasteiger partial charge in [-0.15, -0.1) is 0 Å². The molecule has 0 spiro atoms. The maximum Gasteiger partial charge on any atom is 0.171 e. The van der Waals surface area contributed by atoms with Crippen LogP contribution in [-0.2, 0) is 15.6 Å². The van der Waals surface area contributed by atoms with Crippen molar-refractivity contribution in [3.8, 4) is 0 Å². The first-order valence-corrected chi connectivity index (χ1v) is 10.1. The number of rotatable bonds is 14. The third-order valence-electron chi connectivity index (χ3n) is 3.60. The normalized spacial score (nSPS) is 13.4. The van der Waals surface area contributed by atoms with Gasteiger partial charge in [-0.2, -0.15) is 0 Å². The molecule has 0 heterocycles. The molecule has 124 valence electrons. The van der Waals surface area contributed by atoms with Crippen molar-refractivity contribution < 1.29 is 9.00 Å². The van der Waals surface area contributed by atoms with E-state index < -0.39 is 10.8 Å². The van der Waals surface area contributed by atoms with E-state index in [2.05, 4.69) is 20.8 Å². The van der Waals surface area contributed by atoms with E-state index in [4.69, 9.17) is 0 Å². The van der Waals surface area contributed by atoms with Crippen molar-refractivity contribution >= 4 is 16.6 Å². The van der Waals surface area contributed by atoms with Crippen LogP contribution in [-0.4, -0.2) is 15.7 Å². The monoisotopic (exact) mass is 314 g/mol. The minimum absolute atomic E-state index is 0.120. The topological polar surface area (TPSA) is 34.1 Å². The fourth-order valence-corrected chi connectivity index (χ4v) is 3.56. The zero-order chi connectivity index (χ0) is 15.9. The summed E-state index contributed by atoms with van der Waals surface area (Å²) in [5, 5.41) is 0. The Morgan fingerprint density at radius 1 is 0.857 bits per heavy atom. The highest BCUT2D eigenvalue weighted by Crippen LogP contribution is 2.14. The Bertz CT molecular complexity index is 297. The summed E-state index contributed by atoms with van der Waals surface area (Å²) in [6.45, 7) is 6.44. The third-order valence-corrected chi connectivity index (χ3v) is 5.14. The Hall–Kier alpha value is -0.440. The molecule has 0 aliphatic rings. The van der Waals surface area contributed by atoms with E-state index in [1.807, 2.05) is 6.08 Å². The van der Waals surface area contributed by atoms with E-state index in [-0.39, 0.29) is 5.78 Å². The summed E-state index contributed by atoms with van der Waals surface area (Å²) in [7, 11) is -1.09. The fraction of sp³-hybridized carbons (Fsp3) is 0.833. The predicted octanol–water partition coefficient (Wildman–Crippen LogP) is 5.54. The van der Waals surface area contributed by atoms with Crippen LogP contribution in [0.4, 0.5) is 0 Å². The Kier molecular flexibility index (Phi) is 14.2. The molecule has 0 bridgehead atoms. The summed E-state index contributed by atoms with van der Waals surface area (Å²) in [4.78, 5) is 12.9. The van der Waals surface area contributed by atoms with Crippen molar-refractivity contribution in [2.75, 3.05) is 5.75 Å². The van der Waals surface area contributed by atoms with Crippen LogP contribution in [0.5, 0.6) is 0 Å². The predicted molar refractivity (Wildman–Crippen MR) is 93.9 cm³/mol. The summed E-state index contributed by atoms with van der Waals surface area (Å²) >= 11 is 0. The zero-order valence-electron chi connectivity index (χ0n) is 14.3. The van der Waals surface area contributed by atoms with E-state index in [1.165, 1.54) is 12.8 Å². The average molecular weight is 315 g/mol. The lowest BCUT2D eigenvalue weighted by Gasteiger charge is -2.07. The molecule has 0 N–H and O–H groups in total. The summed E-state index contributed by atoms with van der Waals surface area (Å²) in [6.07, 6.45) is 13.2. The molecule has 0 aromatic heterocycles. The van der Waals surface area contributed by atoms with Gasteiger partial charge in [0.2, 0.25) is 0 Å². The maximum absolute atomic E-state index is 12.4. The lowest BCUT2D eigenvalue weighted by atomic mass is 10.1. The van der Waals surface area contributed by atoms with Gasteiger partial charge in [-0.1, -0.05) is 65.4 Å². The molecule has 0 amide bonds. The van der Waals surface area contributed by atoms with Crippen molar-refractivity contribution in [3.05, 3.63) is 11.0 Å². The first kappa shape index (κ1) is 20.6. The van der Waals surface area contributed by atoms with Gasteiger partial charge in [-0.3, -0.25) is 9.00 Å². The van der Waals surface area contributed by atoms with Gasteiger partial charge < -0.3 is 0 Å². The molecule has 0 radical (unpaired) electrons. The Labute approximate surface area is 134 Å². The van der Waals surface area contributed by atoms with Gasteiger partial charge in [0, 0.05) is 12.2 Å². The van der Waals surface area contributed by atoms with Crippen LogP contribution in [0.15, 0.2) is 11.0 Å². The Balaban J connectivity index is 4.51. The maximum atomic E-state index is 12.4. The van der Waals surface area contributed by atoms with Crippen LogP contribution in [0.2, 0.25) is 0 Å². The minimum Gasteiger partial charge on any atom is -0.294 e. The largest absolute Gasteiger partial charge is 0.294 e. The number of carbonyl (C=O) groups excluding carboxylic acids is 1. The highest BCUT2D eigenvalue weighted by Gasteiger charge is 2.15. The van der Waals surface area contributed by atoms with Gasteiger partial charge in [0.05, 0.1) is 15.7 Å². The number of Topliss-reactive ketones (excluding diaryl/α,β-unsaturated/α-hetero) is 1. The highest BCUT2D eigenvalue weighted by atomic mass is 32.2. The summed E-state index contributed by atoms with van der Waals surface area (Å²) in [6, 6.07) is 0. The van der Waals surface area contributed by atoms with Gasteiger partial charge in [0.1, 0.15) is 0 Å². The van der Waals surface area contributed by atoms with Crippen LogP contribution in [0, 0.1) is 0 Å². The molecule has 0 aromatic carbocycles. The van der Waals surface area contributed by atoms with Gasteiger partial charge >= 0.3 is 0 Å². The molecule has 0 rings (SSSR count). The molecule has 1 atom stereocenters. The molecule has 0 aromatic rings. The molecule has 0 aliphatic carbocycles. The minimum atomic E-state index is -1.09. The van der Waals surface area contributed by atoms with Crippen molar-refractivity contribution in [3.63, 3.8) is 0 Å². The lowest BCUT2D eigenvalue weighted by molar-refractivity contribution is -0.115. The van der Waals surface area contributed by atoms with E-state index in [9.17, 15) is 9.00 Å². The summed E-state index contributed by atoms with van der Waals surface area (Å²) in [5.41, 5.74) is 0. The number of unbranched alkanes of at least 4 members (excludes halogenated alkanes) is 7. The Morgan fingerprint density at radius 3 is 2.05 bits per heavy atom. The first-order valence-electron chi connectivity index (χ1n) is 8.79. The Morgan fingerprint density at radius 2 is 1.43 bits per heavy atom. The second-order valence-electron chi connectivity index (χ2n) is 5.70. The molecule has 0 fully saturated rings. The second-order valence-corrected chi connectivity index (χ2v) is 7.24. The molecular formula is C18H34O2S. The molecule has 0 aliphatic heterocycles. The number of carbonyl (C=O) groups is 1. The standard InChI is InChI=1S/C18H34O2S/c1-4-7-10-12-15-18(17(19)14-11-8-5-2)21(20)16-13-9-6-3/h15H,4-14,16H2,1-3H3/b18-15+. The van der Waals surface area contributed by atoms with E-state index >= 15 is 0 Å². The lowest BCUT2D eigenvalue weighted by Crippen LogP contribution is -2.11. The number of hydrogen-bond donors (Lipinski definition) is 0. The molecule has 0 saturated heterocycles. The molecule has 21 heavy (non-hydrogen) atoms. The first-order chi connectivity index (χ1) is 10.2. The third kappa shape index (κ3) is 10.9. The van der Waals surface area contributed by atoms with Crippen LogP contribution in [0.3, 0.4) is 0 Å². The molecule has 1 unspecified atom stereocenters. The highest BCUT2D eigenvalue weighted by molar-refractivity contribution is 7.90. The van der Waals surface area contributed by atoms with E-state index in [0.717, 1.165) is 51.4 Å². The van der Waals surface area contributed by atoms with Crippen molar-refractivity contribution in [2.24, 2.45) is 0 Å². The van der Waals surface area contributed by atoms with Gasteiger partial charge in [0.15, 0.2) is 5.78 Å². The van der Waals surface area contributed by atoms with Crippen LogP contribution in [0.25, 0.3) is 0 Å². The van der Waals surface area contributed by atoms with Crippen LogP contribution in [0.1, 0.15) is 91.4 Å². The SMILES string of the molecule is CCCCC/C=C(\C(=O)CCCCC)S(=O)CCCCC. The van der Waals surface area contributed by atoms with Crippen molar-refractivity contribution in [2.45, 2.75) is 91.4 Å². The van der Waals surface area contributed by atoms with Crippen LogP contribution < -0.4 is 0 Å². The molecular weight excluding hydrogens is 280 g/mol. The number of hydrogen-bond acceptors (Lipinski definition) is 2. The van der Waals surface area contributed by atoms with E-state index in [1.54, 1.807) is 0 Å². The van der Waals surface area contributed by atoms with Crippen molar-refractivity contribution in [1.82, 2.24) is 0 Å². The van der Waals surface area contributed by atoms with E-state index in [0.29, 0.717) is 17.1 Å². The van der Waals surface area contributed by atoms with Gasteiger partial charge in [0.25, 0.3) is 0 Å². The molecule has 2 nitrogen and oxygen atoms in total. The van der Waals surface area contributed by atoms with Gasteiger partial charge in [-0.05, 0) is 25.7 Å². The number of allylic oxidation sites excluding steroid dienone is 2. The molecule has 3 heteroatoms. The summed E-state index contributed by atoms with van der Waals surface area (Å²) in [5.74, 6) is 0.766. The molecule has 0 saturated carbocycles. The zero-order valence-corrected chi connectivity index (χ0v) is 15.1. The van der Waals surface area contributed by atoms with Gasteiger partial charge in [-0.25, -0.2) is 0 Å². The average Bonchev–Trinajstić information content (AvgIpc) is 2.47. The van der Waals surface area contributed by atoms with Crippen LogP contribution >= 0.6 is 0 Å². The quantitative estimate of drug-likeness (QED) is 0.311.